The van der Waals surface area contributed by atoms with Gasteiger partial charge in [0.2, 0.25) is 0 Å². The number of carbonyl (C=O) groups is 1. The Bertz CT molecular complexity index is 1350. The topological polar surface area (TPSA) is 86.8 Å². The Labute approximate surface area is 185 Å². The Kier molecular flexibility index (Phi) is 4.88. The molecule has 0 saturated carbocycles. The van der Waals surface area contributed by atoms with Gasteiger partial charge < -0.3 is 5.32 Å². The van der Waals surface area contributed by atoms with Gasteiger partial charge in [-0.05, 0) is 55.8 Å². The summed E-state index contributed by atoms with van der Waals surface area (Å²) in [6, 6.07) is 22.5. The second-order valence-corrected chi connectivity index (χ2v) is 7.56. The quantitative estimate of drug-likeness (QED) is 0.509. The van der Waals surface area contributed by atoms with E-state index in [4.69, 9.17) is 10.4 Å². The summed E-state index contributed by atoms with van der Waals surface area (Å²) in [7, 11) is 0. The minimum Gasteiger partial charge on any atom is -0.307 e. The van der Waals surface area contributed by atoms with Crippen LogP contribution in [0.3, 0.4) is 0 Å². The van der Waals surface area contributed by atoms with E-state index in [9.17, 15) is 4.79 Å². The van der Waals surface area contributed by atoms with Crippen molar-refractivity contribution in [3.8, 4) is 23.0 Å². The van der Waals surface area contributed by atoms with E-state index in [1.807, 2.05) is 47.1 Å². The maximum Gasteiger partial charge on any atom is 0.327 e. The molecule has 0 atom stereocenters. The molecule has 3 heterocycles. The van der Waals surface area contributed by atoms with Crippen molar-refractivity contribution in [2.24, 2.45) is 0 Å². The first kappa shape index (κ1) is 19.5. The van der Waals surface area contributed by atoms with Crippen molar-refractivity contribution >= 4 is 17.5 Å². The lowest BCUT2D eigenvalue weighted by molar-refractivity contribution is 0.257. The number of benzene rings is 2. The fourth-order valence-electron chi connectivity index (χ4n) is 4.05. The maximum atomic E-state index is 13.2. The summed E-state index contributed by atoms with van der Waals surface area (Å²) in [6.07, 6.45) is 2.33. The average Bonchev–Trinajstić information content (AvgIpc) is 3.06. The Morgan fingerprint density at radius 1 is 1.09 bits per heavy atom. The summed E-state index contributed by atoms with van der Waals surface area (Å²) in [5.74, 6) is 0.567. The standard InChI is InChI=1S/C25H20N6O/c1-17-21-12-14-30(25(32)28-19-8-5-7-18(15-19)16-26)24-22(11-6-13-27-24)23(21)29-31(17)20-9-3-2-4-10-20/h2-11,13,15H,12,14H2,1H3,(H,28,32). The predicted molar refractivity (Wildman–Crippen MR) is 123 cm³/mol. The number of nitrogens with one attached hydrogen (secondary N) is 1. The minimum atomic E-state index is -0.293. The molecule has 7 heteroatoms. The minimum absolute atomic E-state index is 0.293. The number of para-hydroxylation sites is 1. The van der Waals surface area contributed by atoms with Gasteiger partial charge in [-0.1, -0.05) is 24.3 Å². The van der Waals surface area contributed by atoms with Crippen LogP contribution in [0.5, 0.6) is 0 Å². The van der Waals surface area contributed by atoms with E-state index in [2.05, 4.69) is 23.3 Å². The largest absolute Gasteiger partial charge is 0.327 e. The van der Waals surface area contributed by atoms with Crippen LogP contribution in [0.4, 0.5) is 16.3 Å². The van der Waals surface area contributed by atoms with Gasteiger partial charge in [-0.25, -0.2) is 14.5 Å². The van der Waals surface area contributed by atoms with Gasteiger partial charge >= 0.3 is 6.03 Å². The number of amides is 2. The summed E-state index contributed by atoms with van der Waals surface area (Å²) in [5.41, 5.74) is 5.86. The smallest absolute Gasteiger partial charge is 0.307 e. The van der Waals surface area contributed by atoms with E-state index >= 15 is 0 Å². The van der Waals surface area contributed by atoms with E-state index in [1.165, 1.54) is 0 Å². The molecule has 32 heavy (non-hydrogen) atoms. The number of anilines is 2. The van der Waals surface area contributed by atoms with Crippen LogP contribution in [0, 0.1) is 18.3 Å². The van der Waals surface area contributed by atoms with Gasteiger partial charge in [0, 0.05) is 35.2 Å². The summed E-state index contributed by atoms with van der Waals surface area (Å²) < 4.78 is 1.95. The van der Waals surface area contributed by atoms with Crippen LogP contribution in [-0.4, -0.2) is 27.3 Å². The number of nitrogens with zero attached hydrogens (tertiary/aromatic N) is 5. The summed E-state index contributed by atoms with van der Waals surface area (Å²) in [5, 5.41) is 16.9. The molecule has 0 radical (unpaired) electrons. The lowest BCUT2D eigenvalue weighted by Gasteiger charge is -2.22. The van der Waals surface area contributed by atoms with Crippen molar-refractivity contribution in [1.82, 2.24) is 14.8 Å². The molecule has 5 rings (SSSR count). The van der Waals surface area contributed by atoms with Gasteiger partial charge in [0.05, 0.1) is 23.0 Å². The van der Waals surface area contributed by atoms with Crippen LogP contribution in [0.25, 0.3) is 16.9 Å². The van der Waals surface area contributed by atoms with Crippen LogP contribution in [-0.2, 0) is 6.42 Å². The van der Waals surface area contributed by atoms with Crippen molar-refractivity contribution < 1.29 is 4.79 Å². The zero-order valence-corrected chi connectivity index (χ0v) is 17.5. The number of hydrogen-bond acceptors (Lipinski definition) is 4. The second-order valence-electron chi connectivity index (χ2n) is 7.56. The molecule has 0 bridgehead atoms. The van der Waals surface area contributed by atoms with Crippen LogP contribution in [0.15, 0.2) is 72.9 Å². The van der Waals surface area contributed by atoms with E-state index in [-0.39, 0.29) is 6.03 Å². The van der Waals surface area contributed by atoms with E-state index < -0.39 is 0 Å². The highest BCUT2D eigenvalue weighted by molar-refractivity contribution is 6.03. The lowest BCUT2D eigenvalue weighted by atomic mass is 10.1. The zero-order chi connectivity index (χ0) is 22.1. The van der Waals surface area contributed by atoms with Gasteiger partial charge in [0.1, 0.15) is 5.82 Å². The first-order valence-corrected chi connectivity index (χ1v) is 10.3. The van der Waals surface area contributed by atoms with E-state index in [1.54, 1.807) is 35.4 Å². The average molecular weight is 420 g/mol. The number of hydrogen-bond donors (Lipinski definition) is 1. The Morgan fingerprint density at radius 2 is 1.94 bits per heavy atom. The highest BCUT2D eigenvalue weighted by atomic mass is 16.2. The van der Waals surface area contributed by atoms with Gasteiger partial charge in [-0.15, -0.1) is 0 Å². The van der Waals surface area contributed by atoms with Gasteiger partial charge in [-0.2, -0.15) is 10.4 Å². The predicted octanol–water partition coefficient (Wildman–Crippen LogP) is 4.71. The molecule has 0 fully saturated rings. The second kappa shape index (κ2) is 8.00. The van der Waals surface area contributed by atoms with Crippen LogP contribution in [0.1, 0.15) is 16.8 Å². The molecule has 1 aliphatic rings. The molecule has 0 aliphatic carbocycles. The molecule has 7 nitrogen and oxygen atoms in total. The fourth-order valence-corrected chi connectivity index (χ4v) is 4.05. The molecule has 0 saturated heterocycles. The first-order chi connectivity index (χ1) is 15.7. The molecule has 156 valence electrons. The van der Waals surface area contributed by atoms with Crippen molar-refractivity contribution in [3.63, 3.8) is 0 Å². The van der Waals surface area contributed by atoms with Gasteiger partial charge in [-0.3, -0.25) is 4.90 Å². The Balaban J connectivity index is 1.53. The molecule has 1 aliphatic heterocycles. The first-order valence-electron chi connectivity index (χ1n) is 10.3. The van der Waals surface area contributed by atoms with E-state index in [0.29, 0.717) is 30.0 Å². The van der Waals surface area contributed by atoms with Crippen molar-refractivity contribution in [1.29, 1.82) is 5.26 Å². The third-order valence-corrected chi connectivity index (χ3v) is 5.61. The molecule has 2 aromatic heterocycles. The number of rotatable bonds is 2. The highest BCUT2D eigenvalue weighted by Crippen LogP contribution is 2.36. The molecule has 0 spiro atoms. The summed E-state index contributed by atoms with van der Waals surface area (Å²) >= 11 is 0. The van der Waals surface area contributed by atoms with Crippen LogP contribution in [0.2, 0.25) is 0 Å². The number of fused-ring (bicyclic) bond motifs is 3. The number of urea groups is 1. The third-order valence-electron chi connectivity index (χ3n) is 5.61. The SMILES string of the molecule is Cc1c2c(nn1-c1ccccc1)-c1cccnc1N(C(=O)Nc1cccc(C#N)c1)CC2. The number of pyridine rings is 1. The summed E-state index contributed by atoms with van der Waals surface area (Å²) in [6.45, 7) is 2.51. The fraction of sp³-hybridized carbons (Fsp3) is 0.120. The van der Waals surface area contributed by atoms with Crippen LogP contribution < -0.4 is 10.2 Å². The number of aromatic nitrogens is 3. The molecule has 4 aromatic rings. The molecule has 2 amide bonds. The molecule has 0 unspecified atom stereocenters. The Hall–Kier alpha value is -4.44. The van der Waals surface area contributed by atoms with Gasteiger partial charge in [0.25, 0.3) is 0 Å². The number of nitriles is 1. The molecule has 1 N–H and O–H groups in total. The van der Waals surface area contributed by atoms with Crippen molar-refractivity contribution in [2.75, 3.05) is 16.8 Å². The zero-order valence-electron chi connectivity index (χ0n) is 17.5. The van der Waals surface area contributed by atoms with Crippen molar-refractivity contribution in [3.05, 3.63) is 89.7 Å². The Morgan fingerprint density at radius 3 is 2.75 bits per heavy atom. The maximum absolute atomic E-state index is 13.2. The van der Waals surface area contributed by atoms with E-state index in [0.717, 1.165) is 28.2 Å². The third kappa shape index (κ3) is 3.38. The normalized spacial score (nSPS) is 12.3. The van der Waals surface area contributed by atoms with Gasteiger partial charge in [0.15, 0.2) is 0 Å². The van der Waals surface area contributed by atoms with Crippen molar-refractivity contribution in [2.45, 2.75) is 13.3 Å². The van der Waals surface area contributed by atoms with Crippen LogP contribution >= 0.6 is 0 Å². The lowest BCUT2D eigenvalue weighted by Crippen LogP contribution is -2.37. The number of carbonyl (C=O) groups excluding carboxylic acids is 1. The summed E-state index contributed by atoms with van der Waals surface area (Å²) in [4.78, 5) is 19.4. The molecule has 2 aromatic carbocycles. The molecular weight excluding hydrogens is 400 g/mol. The highest BCUT2D eigenvalue weighted by Gasteiger charge is 2.29. The monoisotopic (exact) mass is 420 g/mol. The molecular formula is C25H20N6O.